The topological polar surface area (TPSA) is 69.9 Å². The third kappa shape index (κ3) is 5.66. The molecule has 5 heterocycles. The van der Waals surface area contributed by atoms with E-state index >= 15 is 0 Å². The van der Waals surface area contributed by atoms with Crippen LogP contribution >= 0.6 is 11.3 Å². The predicted octanol–water partition coefficient (Wildman–Crippen LogP) is 17.0. The molecule has 15 aromatic rings. The van der Waals surface area contributed by atoms with E-state index in [-0.39, 0.29) is 0 Å². The third-order valence-electron chi connectivity index (χ3n) is 13.6. The second kappa shape index (κ2) is 14.3. The number of furan rings is 2. The van der Waals surface area contributed by atoms with Crippen molar-refractivity contribution in [1.82, 2.24) is 19.5 Å². The minimum atomic E-state index is 0.570. The lowest BCUT2D eigenvalue weighted by Gasteiger charge is -2.16. The van der Waals surface area contributed by atoms with E-state index in [2.05, 4.69) is 150 Å². The number of thiophene rings is 1. The summed E-state index contributed by atoms with van der Waals surface area (Å²) in [5.41, 5.74) is 11.5. The number of hydrogen-bond acceptors (Lipinski definition) is 6. The second-order valence-electron chi connectivity index (χ2n) is 17.5. The number of hydrogen-bond donors (Lipinski definition) is 0. The lowest BCUT2D eigenvalue weighted by atomic mass is 9.98. The molecular weight excluding hydrogens is 853 g/mol. The maximum absolute atomic E-state index is 6.25. The van der Waals surface area contributed by atoms with E-state index in [1.54, 1.807) is 0 Å². The lowest BCUT2D eigenvalue weighted by molar-refractivity contribution is 0.668. The molecule has 10 aromatic carbocycles. The second-order valence-corrected chi connectivity index (χ2v) is 18.6. The van der Waals surface area contributed by atoms with Gasteiger partial charge in [0.05, 0.1) is 16.7 Å². The summed E-state index contributed by atoms with van der Waals surface area (Å²) in [5, 5.41) is 11.5. The van der Waals surface area contributed by atoms with Crippen molar-refractivity contribution >= 4 is 108 Å². The summed E-state index contributed by atoms with van der Waals surface area (Å²) in [6.07, 6.45) is 0. The SMILES string of the molecule is c1ccc2cc3c(cc2c1)c1ccccc1n3-c1ccc(-c2nc(-c3ccc4oc5ccccc5c4c3)nc(-c3ccc4oc5ccccc5c4c3)n2)cc1-c1ccc2c(c1)sc1ccccc12. The third-order valence-corrected chi connectivity index (χ3v) is 14.8. The van der Waals surface area contributed by atoms with Crippen molar-refractivity contribution in [3.63, 3.8) is 0 Å². The van der Waals surface area contributed by atoms with Gasteiger partial charge in [-0.05, 0) is 113 Å². The Morgan fingerprint density at radius 2 is 0.838 bits per heavy atom. The largest absolute Gasteiger partial charge is 0.456 e. The molecule has 15 rings (SSSR count). The Morgan fingerprint density at radius 1 is 0.324 bits per heavy atom. The average molecular weight is 887 g/mol. The fourth-order valence-corrected chi connectivity index (χ4v) is 11.5. The maximum atomic E-state index is 6.25. The number of para-hydroxylation sites is 3. The molecule has 0 radical (unpaired) electrons. The van der Waals surface area contributed by atoms with E-state index in [9.17, 15) is 0 Å². The van der Waals surface area contributed by atoms with Crippen LogP contribution in [0.15, 0.2) is 215 Å². The van der Waals surface area contributed by atoms with Crippen molar-refractivity contribution < 1.29 is 8.83 Å². The highest BCUT2D eigenvalue weighted by molar-refractivity contribution is 7.25. The predicted molar refractivity (Wildman–Crippen MR) is 281 cm³/mol. The van der Waals surface area contributed by atoms with Crippen LogP contribution < -0.4 is 0 Å². The number of nitrogens with zero attached hydrogens (tertiary/aromatic N) is 4. The molecule has 68 heavy (non-hydrogen) atoms. The summed E-state index contributed by atoms with van der Waals surface area (Å²) in [6.45, 7) is 0. The quantitative estimate of drug-likeness (QED) is 0.172. The summed E-state index contributed by atoms with van der Waals surface area (Å²) < 4.78 is 17.4. The van der Waals surface area contributed by atoms with E-state index in [4.69, 9.17) is 23.8 Å². The maximum Gasteiger partial charge on any atom is 0.164 e. The molecule has 0 spiro atoms. The van der Waals surface area contributed by atoms with Crippen LogP contribution in [0.2, 0.25) is 0 Å². The summed E-state index contributed by atoms with van der Waals surface area (Å²) >= 11 is 1.83. The molecule has 0 aliphatic heterocycles. The van der Waals surface area contributed by atoms with Gasteiger partial charge in [-0.25, -0.2) is 15.0 Å². The van der Waals surface area contributed by atoms with Crippen LogP contribution in [0.3, 0.4) is 0 Å². The molecule has 316 valence electrons. The Labute approximate surface area is 391 Å². The van der Waals surface area contributed by atoms with Crippen LogP contribution in [0.25, 0.3) is 148 Å². The van der Waals surface area contributed by atoms with Gasteiger partial charge in [-0.2, -0.15) is 0 Å². The fraction of sp³-hybridized carbons (Fsp3) is 0. The first-order chi connectivity index (χ1) is 33.6. The van der Waals surface area contributed by atoms with Crippen LogP contribution in [0, 0.1) is 0 Å². The van der Waals surface area contributed by atoms with Gasteiger partial charge >= 0.3 is 0 Å². The van der Waals surface area contributed by atoms with Crippen molar-refractivity contribution in [2.75, 3.05) is 0 Å². The monoisotopic (exact) mass is 886 g/mol. The van der Waals surface area contributed by atoms with Gasteiger partial charge in [0.2, 0.25) is 0 Å². The minimum Gasteiger partial charge on any atom is -0.456 e. The van der Waals surface area contributed by atoms with Gasteiger partial charge in [0.1, 0.15) is 22.3 Å². The van der Waals surface area contributed by atoms with Crippen molar-refractivity contribution in [3.8, 4) is 51.0 Å². The van der Waals surface area contributed by atoms with Crippen LogP contribution in [0.1, 0.15) is 0 Å². The van der Waals surface area contributed by atoms with E-state index < -0.39 is 0 Å². The molecule has 0 saturated carbocycles. The molecule has 7 heteroatoms. The molecule has 0 atom stereocenters. The zero-order valence-electron chi connectivity index (χ0n) is 36.1. The van der Waals surface area contributed by atoms with Gasteiger partial charge in [0.25, 0.3) is 0 Å². The first-order valence-corrected chi connectivity index (χ1v) is 23.5. The van der Waals surface area contributed by atoms with Crippen LogP contribution in [0.5, 0.6) is 0 Å². The Hall–Kier alpha value is -8.91. The first kappa shape index (κ1) is 37.3. The average Bonchev–Trinajstić information content (AvgIpc) is 4.16. The molecule has 5 aromatic heterocycles. The molecule has 0 bridgehead atoms. The molecule has 0 saturated heterocycles. The molecule has 0 aliphatic carbocycles. The summed E-state index contributed by atoms with van der Waals surface area (Å²) in [6, 6.07) is 73.0. The van der Waals surface area contributed by atoms with Crippen molar-refractivity contribution in [1.29, 1.82) is 0 Å². The Bertz CT molecular complexity index is 4460. The highest BCUT2D eigenvalue weighted by Gasteiger charge is 2.21. The smallest absolute Gasteiger partial charge is 0.164 e. The molecule has 0 aliphatic rings. The van der Waals surface area contributed by atoms with Gasteiger partial charge in [-0.1, -0.05) is 109 Å². The highest BCUT2D eigenvalue weighted by Crippen LogP contribution is 2.43. The van der Waals surface area contributed by atoms with Crippen LogP contribution in [-0.4, -0.2) is 19.5 Å². The van der Waals surface area contributed by atoms with Crippen molar-refractivity contribution in [2.24, 2.45) is 0 Å². The molecule has 6 nitrogen and oxygen atoms in total. The van der Waals surface area contributed by atoms with E-state index in [1.165, 1.54) is 41.7 Å². The minimum absolute atomic E-state index is 0.570. The van der Waals surface area contributed by atoms with Crippen LogP contribution in [-0.2, 0) is 0 Å². The molecular formula is C61H34N4O2S. The van der Waals surface area contributed by atoms with Gasteiger partial charge in [-0.3, -0.25) is 0 Å². The Kier molecular flexibility index (Phi) is 7.85. The van der Waals surface area contributed by atoms with E-state index in [0.29, 0.717) is 17.5 Å². The van der Waals surface area contributed by atoms with E-state index in [0.717, 1.165) is 88.4 Å². The number of benzene rings is 10. The number of fused-ring (bicyclic) bond motifs is 13. The lowest BCUT2D eigenvalue weighted by Crippen LogP contribution is -2.02. The van der Waals surface area contributed by atoms with Gasteiger partial charge < -0.3 is 13.4 Å². The van der Waals surface area contributed by atoms with Crippen molar-refractivity contribution in [3.05, 3.63) is 206 Å². The van der Waals surface area contributed by atoms with E-state index in [1.807, 2.05) is 72.0 Å². The zero-order chi connectivity index (χ0) is 44.5. The van der Waals surface area contributed by atoms with Gasteiger partial charge in [0.15, 0.2) is 17.5 Å². The van der Waals surface area contributed by atoms with Crippen LogP contribution in [0.4, 0.5) is 0 Å². The summed E-state index contributed by atoms with van der Waals surface area (Å²) in [7, 11) is 0. The Morgan fingerprint density at radius 3 is 1.53 bits per heavy atom. The normalized spacial score (nSPS) is 12.1. The fourth-order valence-electron chi connectivity index (χ4n) is 10.4. The molecule has 0 unspecified atom stereocenters. The number of aromatic nitrogens is 4. The van der Waals surface area contributed by atoms with Crippen molar-refractivity contribution in [2.45, 2.75) is 0 Å². The number of rotatable bonds is 5. The summed E-state index contributed by atoms with van der Waals surface area (Å²) in [5.74, 6) is 1.71. The summed E-state index contributed by atoms with van der Waals surface area (Å²) in [4.78, 5) is 15.9. The standard InChI is InChI=1S/C61H34N4O2S/c1-2-12-36-33-52-47(29-35(36)11-1)41-13-3-7-17-50(41)65(52)51-26-22-38(30-46(51)37-21-25-45-44-16-6-10-20-57(44)68-58(45)34-37)59-62-60(39-23-27-55-48(31-39)42-14-4-8-18-53(42)66-55)64-61(63-59)40-24-28-56-49(32-40)43-15-5-9-19-54(43)67-56/h1-34H. The van der Waals surface area contributed by atoms with Gasteiger partial charge in [-0.15, -0.1) is 11.3 Å². The zero-order valence-corrected chi connectivity index (χ0v) is 37.0. The molecule has 0 N–H and O–H groups in total. The first-order valence-electron chi connectivity index (χ1n) is 22.7. The molecule has 0 amide bonds. The molecule has 0 fully saturated rings. The van der Waals surface area contributed by atoms with Gasteiger partial charge in [0, 0.05) is 74.7 Å². The Balaban J connectivity index is 0.990. The highest BCUT2D eigenvalue weighted by atomic mass is 32.1.